The van der Waals surface area contributed by atoms with E-state index in [-0.39, 0.29) is 11.5 Å². The molecule has 0 amide bonds. The number of hydrogen-bond donors (Lipinski definition) is 1. The largest absolute Gasteiger partial charge is 0.461 e. The van der Waals surface area contributed by atoms with Crippen molar-refractivity contribution >= 4 is 17.6 Å². The molecule has 0 unspecified atom stereocenters. The summed E-state index contributed by atoms with van der Waals surface area (Å²) in [4.78, 5) is 12.0. The van der Waals surface area contributed by atoms with E-state index < -0.39 is 0 Å². The van der Waals surface area contributed by atoms with Crippen LogP contribution in [-0.4, -0.2) is 18.6 Å². The van der Waals surface area contributed by atoms with Gasteiger partial charge in [0.15, 0.2) is 0 Å². The summed E-state index contributed by atoms with van der Waals surface area (Å²) in [5.74, 6) is -0.138. The average molecular weight is 296 g/mol. The summed E-state index contributed by atoms with van der Waals surface area (Å²) in [7, 11) is 1.94. The first-order valence-corrected chi connectivity index (χ1v) is 7.60. The molecule has 0 radical (unpaired) electrons. The molecule has 1 fully saturated rings. The number of nitrogens with one attached hydrogen (secondary N) is 1. The van der Waals surface area contributed by atoms with Crippen LogP contribution in [0.5, 0.6) is 0 Å². The molecule has 1 aromatic carbocycles. The first kappa shape index (κ1) is 15.3. The van der Waals surface area contributed by atoms with Gasteiger partial charge in [-0.3, -0.25) is 4.79 Å². The highest BCUT2D eigenvalue weighted by molar-refractivity contribution is 6.30. The van der Waals surface area contributed by atoms with Gasteiger partial charge in [0.05, 0.1) is 6.42 Å². The fourth-order valence-electron chi connectivity index (χ4n) is 2.86. The van der Waals surface area contributed by atoms with Gasteiger partial charge in [0.25, 0.3) is 0 Å². The van der Waals surface area contributed by atoms with Gasteiger partial charge in [-0.05, 0) is 37.6 Å². The van der Waals surface area contributed by atoms with Crippen LogP contribution in [0.3, 0.4) is 0 Å². The molecule has 1 aromatic rings. The smallest absolute Gasteiger partial charge is 0.307 e. The molecule has 0 bridgehead atoms. The molecule has 1 N–H and O–H groups in total. The SMILES string of the molecule is CNC1(CC(=O)OCc2cccc(Cl)c2)CCCCC1. The van der Waals surface area contributed by atoms with Gasteiger partial charge in [-0.2, -0.15) is 0 Å². The van der Waals surface area contributed by atoms with Crippen LogP contribution in [0.25, 0.3) is 0 Å². The first-order valence-electron chi connectivity index (χ1n) is 7.23. The number of rotatable bonds is 5. The zero-order valence-electron chi connectivity index (χ0n) is 12.0. The maximum Gasteiger partial charge on any atom is 0.307 e. The lowest BCUT2D eigenvalue weighted by molar-refractivity contribution is -0.147. The van der Waals surface area contributed by atoms with Crippen molar-refractivity contribution in [1.29, 1.82) is 0 Å². The number of ether oxygens (including phenoxy) is 1. The molecule has 0 aromatic heterocycles. The molecule has 1 saturated carbocycles. The maximum atomic E-state index is 12.0. The topological polar surface area (TPSA) is 38.3 Å². The minimum atomic E-state index is -0.138. The van der Waals surface area contributed by atoms with Crippen molar-refractivity contribution in [1.82, 2.24) is 5.32 Å². The van der Waals surface area contributed by atoms with E-state index in [2.05, 4.69) is 5.32 Å². The summed E-state index contributed by atoms with van der Waals surface area (Å²) in [6.07, 6.45) is 6.18. The maximum absolute atomic E-state index is 12.0. The van der Waals surface area contributed by atoms with Gasteiger partial charge in [-0.25, -0.2) is 0 Å². The van der Waals surface area contributed by atoms with Gasteiger partial charge in [-0.1, -0.05) is 43.0 Å². The zero-order valence-corrected chi connectivity index (χ0v) is 12.7. The summed E-state index contributed by atoms with van der Waals surface area (Å²) in [5, 5.41) is 4.00. The van der Waals surface area contributed by atoms with Crippen LogP contribution >= 0.6 is 11.6 Å². The quantitative estimate of drug-likeness (QED) is 0.842. The van der Waals surface area contributed by atoms with Crippen LogP contribution in [-0.2, 0) is 16.1 Å². The Morgan fingerprint density at radius 3 is 2.75 bits per heavy atom. The van der Waals surface area contributed by atoms with Crippen molar-refractivity contribution < 1.29 is 9.53 Å². The fourth-order valence-corrected chi connectivity index (χ4v) is 3.07. The van der Waals surface area contributed by atoms with Gasteiger partial charge >= 0.3 is 5.97 Å². The minimum Gasteiger partial charge on any atom is -0.461 e. The van der Waals surface area contributed by atoms with Crippen LogP contribution in [0.2, 0.25) is 5.02 Å². The molecule has 110 valence electrons. The first-order chi connectivity index (χ1) is 9.63. The predicted molar refractivity (Wildman–Crippen MR) is 80.7 cm³/mol. The summed E-state index contributed by atoms with van der Waals surface area (Å²) >= 11 is 5.91. The van der Waals surface area contributed by atoms with E-state index in [4.69, 9.17) is 16.3 Å². The Labute approximate surface area is 125 Å². The van der Waals surface area contributed by atoms with Crippen molar-refractivity contribution in [3.05, 3.63) is 34.9 Å². The Balaban J connectivity index is 1.85. The average Bonchev–Trinajstić information content (AvgIpc) is 2.46. The van der Waals surface area contributed by atoms with Crippen molar-refractivity contribution in [3.63, 3.8) is 0 Å². The van der Waals surface area contributed by atoms with Crippen molar-refractivity contribution in [2.45, 2.75) is 50.7 Å². The van der Waals surface area contributed by atoms with E-state index in [1.807, 2.05) is 31.3 Å². The lowest BCUT2D eigenvalue weighted by atomic mass is 9.79. The van der Waals surface area contributed by atoms with Gasteiger partial charge in [0.1, 0.15) is 6.61 Å². The second kappa shape index (κ2) is 7.09. The number of halogens is 1. The molecule has 1 aliphatic carbocycles. The third-order valence-electron chi connectivity index (χ3n) is 4.11. The molecule has 1 aliphatic rings. The standard InChI is InChI=1S/C16H22ClNO2/c1-18-16(8-3-2-4-9-16)11-15(19)20-12-13-6-5-7-14(17)10-13/h5-7,10,18H,2-4,8-9,11-12H2,1H3. The van der Waals surface area contributed by atoms with Gasteiger partial charge < -0.3 is 10.1 Å². The van der Waals surface area contributed by atoms with Gasteiger partial charge in [0, 0.05) is 10.6 Å². The van der Waals surface area contributed by atoms with Crippen LogP contribution < -0.4 is 5.32 Å². The van der Waals surface area contributed by atoms with Crippen molar-refractivity contribution in [2.24, 2.45) is 0 Å². The fraction of sp³-hybridized carbons (Fsp3) is 0.562. The minimum absolute atomic E-state index is 0.0658. The number of carbonyl (C=O) groups is 1. The number of esters is 1. The molecule has 2 rings (SSSR count). The molecule has 4 heteroatoms. The summed E-state index contributed by atoms with van der Waals surface area (Å²) in [6, 6.07) is 7.41. The zero-order chi connectivity index (χ0) is 14.4. The Bertz CT molecular complexity index is 456. The molecule has 0 spiro atoms. The molecular formula is C16H22ClNO2. The molecule has 0 aliphatic heterocycles. The lowest BCUT2D eigenvalue weighted by Crippen LogP contribution is -2.46. The number of carbonyl (C=O) groups excluding carboxylic acids is 1. The molecule has 20 heavy (non-hydrogen) atoms. The summed E-state index contributed by atoms with van der Waals surface area (Å²) in [5.41, 5.74) is 0.858. The van der Waals surface area contributed by atoms with E-state index in [0.29, 0.717) is 18.1 Å². The number of benzene rings is 1. The highest BCUT2D eigenvalue weighted by Crippen LogP contribution is 2.31. The molecule has 0 atom stereocenters. The molecule has 3 nitrogen and oxygen atoms in total. The lowest BCUT2D eigenvalue weighted by Gasteiger charge is -2.36. The van der Waals surface area contributed by atoms with E-state index in [0.717, 1.165) is 18.4 Å². The van der Waals surface area contributed by atoms with E-state index in [1.165, 1.54) is 19.3 Å². The van der Waals surface area contributed by atoms with Crippen molar-refractivity contribution in [2.75, 3.05) is 7.05 Å². The van der Waals surface area contributed by atoms with Crippen LogP contribution in [0, 0.1) is 0 Å². The van der Waals surface area contributed by atoms with Crippen LogP contribution in [0.1, 0.15) is 44.1 Å². The van der Waals surface area contributed by atoms with E-state index >= 15 is 0 Å². The third kappa shape index (κ3) is 4.22. The van der Waals surface area contributed by atoms with Crippen LogP contribution in [0.15, 0.2) is 24.3 Å². The summed E-state index contributed by atoms with van der Waals surface area (Å²) in [6.45, 7) is 0.291. The van der Waals surface area contributed by atoms with Gasteiger partial charge in [-0.15, -0.1) is 0 Å². The molecule has 0 saturated heterocycles. The monoisotopic (exact) mass is 295 g/mol. The van der Waals surface area contributed by atoms with Crippen molar-refractivity contribution in [3.8, 4) is 0 Å². The van der Waals surface area contributed by atoms with Crippen LogP contribution in [0.4, 0.5) is 0 Å². The highest BCUT2D eigenvalue weighted by Gasteiger charge is 2.33. The molecule has 0 heterocycles. The highest BCUT2D eigenvalue weighted by atomic mass is 35.5. The summed E-state index contributed by atoms with van der Waals surface area (Å²) < 4.78 is 5.38. The number of hydrogen-bond acceptors (Lipinski definition) is 3. The Kier molecular flexibility index (Phi) is 5.44. The Morgan fingerprint density at radius 1 is 1.35 bits per heavy atom. The van der Waals surface area contributed by atoms with E-state index in [9.17, 15) is 4.79 Å². The predicted octanol–water partition coefficient (Wildman–Crippen LogP) is 3.70. The third-order valence-corrected chi connectivity index (χ3v) is 4.35. The van der Waals surface area contributed by atoms with Gasteiger partial charge in [0.2, 0.25) is 0 Å². The Hall–Kier alpha value is -1.06. The van der Waals surface area contributed by atoms with E-state index in [1.54, 1.807) is 0 Å². The normalized spacial score (nSPS) is 17.7. The second-order valence-corrected chi connectivity index (χ2v) is 5.99. The molecular weight excluding hydrogens is 274 g/mol. The second-order valence-electron chi connectivity index (χ2n) is 5.56. The Morgan fingerprint density at radius 2 is 2.10 bits per heavy atom.